The Bertz CT molecular complexity index is 2000. The minimum absolute atomic E-state index is 0.186. The Kier molecular flexibility index (Phi) is 20.2. The quantitative estimate of drug-likeness (QED) is 0.0407. The standard InChI is InChI=1S/C47H56N6O8/c1-61-47(60)40(53-46(59)39(52-44(57)37-26-12-5-13-27-37)29-15-18-32-49-42(55)35-22-8-3-9-23-35)30-16-19-33-50-45(58)38(51-43(56)36-24-10-4-11-25-36)28-14-17-31-48-41(54)34-20-6-2-7-21-34/h2-13,20-27,38-40H,14-19,28-33H2,1H3,(H,48,54)(H,49,55)(H,50,58)(H,51,56)(H,52,57)(H,53,59)/t38-,39-,40-/m0/s1. The molecule has 61 heavy (non-hydrogen) atoms. The lowest BCUT2D eigenvalue weighted by Crippen LogP contribution is -2.52. The van der Waals surface area contributed by atoms with Crippen molar-refractivity contribution in [3.05, 3.63) is 144 Å². The Labute approximate surface area is 357 Å². The average Bonchev–Trinajstić information content (AvgIpc) is 3.30. The Morgan fingerprint density at radius 3 is 1.10 bits per heavy atom. The van der Waals surface area contributed by atoms with Gasteiger partial charge in [-0.05, 0) is 106 Å². The van der Waals surface area contributed by atoms with E-state index in [1.54, 1.807) is 109 Å². The van der Waals surface area contributed by atoms with Crippen LogP contribution in [0.3, 0.4) is 0 Å². The fourth-order valence-corrected chi connectivity index (χ4v) is 6.41. The van der Waals surface area contributed by atoms with Crippen LogP contribution in [0.4, 0.5) is 0 Å². The summed E-state index contributed by atoms with van der Waals surface area (Å²) in [6, 6.07) is 31.9. The number of esters is 1. The van der Waals surface area contributed by atoms with Gasteiger partial charge in [-0.2, -0.15) is 0 Å². The van der Waals surface area contributed by atoms with E-state index in [-0.39, 0.29) is 43.0 Å². The van der Waals surface area contributed by atoms with Crippen LogP contribution in [0.5, 0.6) is 0 Å². The number of hydrogen-bond acceptors (Lipinski definition) is 8. The molecule has 0 saturated heterocycles. The highest BCUT2D eigenvalue weighted by Crippen LogP contribution is 2.10. The molecule has 0 aromatic heterocycles. The van der Waals surface area contributed by atoms with E-state index in [9.17, 15) is 33.6 Å². The molecule has 4 rings (SSSR count). The van der Waals surface area contributed by atoms with Crippen molar-refractivity contribution < 1.29 is 38.3 Å². The minimum Gasteiger partial charge on any atom is -0.467 e. The molecule has 6 N–H and O–H groups in total. The second-order valence-electron chi connectivity index (χ2n) is 14.4. The van der Waals surface area contributed by atoms with Gasteiger partial charge in [-0.25, -0.2) is 4.79 Å². The second-order valence-corrected chi connectivity index (χ2v) is 14.4. The van der Waals surface area contributed by atoms with E-state index >= 15 is 0 Å². The van der Waals surface area contributed by atoms with Crippen LogP contribution in [-0.4, -0.2) is 86.3 Å². The number of methoxy groups -OCH3 is 1. The van der Waals surface area contributed by atoms with Gasteiger partial charge < -0.3 is 36.6 Å². The van der Waals surface area contributed by atoms with Crippen LogP contribution in [0.2, 0.25) is 0 Å². The smallest absolute Gasteiger partial charge is 0.328 e. The average molecular weight is 833 g/mol. The van der Waals surface area contributed by atoms with Crippen LogP contribution >= 0.6 is 0 Å². The van der Waals surface area contributed by atoms with Crippen molar-refractivity contribution in [3.63, 3.8) is 0 Å². The molecule has 14 nitrogen and oxygen atoms in total. The third kappa shape index (κ3) is 16.7. The van der Waals surface area contributed by atoms with Gasteiger partial charge in [-0.15, -0.1) is 0 Å². The summed E-state index contributed by atoms with van der Waals surface area (Å²) in [5, 5.41) is 17.0. The first-order valence-electron chi connectivity index (χ1n) is 20.7. The lowest BCUT2D eigenvalue weighted by atomic mass is 10.0. The van der Waals surface area contributed by atoms with Crippen molar-refractivity contribution in [2.45, 2.75) is 75.9 Å². The van der Waals surface area contributed by atoms with E-state index in [1.165, 1.54) is 7.11 Å². The fraction of sp³-hybridized carbons (Fsp3) is 0.340. The third-order valence-electron chi connectivity index (χ3n) is 9.82. The summed E-state index contributed by atoms with van der Waals surface area (Å²) in [6.07, 6.45) is 3.83. The molecular weight excluding hydrogens is 777 g/mol. The summed E-state index contributed by atoms with van der Waals surface area (Å²) >= 11 is 0. The lowest BCUT2D eigenvalue weighted by Gasteiger charge is -2.23. The van der Waals surface area contributed by atoms with Crippen LogP contribution in [-0.2, 0) is 19.1 Å². The van der Waals surface area contributed by atoms with Crippen LogP contribution in [0.25, 0.3) is 0 Å². The van der Waals surface area contributed by atoms with Gasteiger partial charge in [0.1, 0.15) is 18.1 Å². The van der Waals surface area contributed by atoms with E-state index in [4.69, 9.17) is 4.74 Å². The fourth-order valence-electron chi connectivity index (χ4n) is 6.41. The molecule has 0 fully saturated rings. The van der Waals surface area contributed by atoms with Gasteiger partial charge in [0.15, 0.2) is 0 Å². The molecule has 0 bridgehead atoms. The molecule has 0 aliphatic carbocycles. The van der Waals surface area contributed by atoms with Crippen LogP contribution in [0.15, 0.2) is 121 Å². The van der Waals surface area contributed by atoms with E-state index < -0.39 is 35.9 Å². The summed E-state index contributed by atoms with van der Waals surface area (Å²) in [6.45, 7) is 1.01. The van der Waals surface area contributed by atoms with Crippen molar-refractivity contribution in [1.29, 1.82) is 0 Å². The predicted molar refractivity (Wildman–Crippen MR) is 231 cm³/mol. The molecular formula is C47H56N6O8. The molecule has 0 unspecified atom stereocenters. The highest BCUT2D eigenvalue weighted by molar-refractivity contribution is 5.99. The van der Waals surface area contributed by atoms with E-state index in [2.05, 4.69) is 31.9 Å². The molecule has 0 heterocycles. The number of ether oxygens (including phenoxy) is 1. The zero-order chi connectivity index (χ0) is 43.7. The predicted octanol–water partition coefficient (Wildman–Crippen LogP) is 4.73. The Hall–Kier alpha value is -6.83. The van der Waals surface area contributed by atoms with Crippen LogP contribution < -0.4 is 31.9 Å². The van der Waals surface area contributed by atoms with Crippen LogP contribution in [0, 0.1) is 0 Å². The molecule has 0 aliphatic rings. The summed E-state index contributed by atoms with van der Waals surface area (Å²) in [5.41, 5.74) is 1.88. The number of amides is 6. The first-order valence-corrected chi connectivity index (χ1v) is 20.7. The van der Waals surface area contributed by atoms with Gasteiger partial charge in [-0.1, -0.05) is 72.8 Å². The molecule has 3 atom stereocenters. The van der Waals surface area contributed by atoms with E-state index in [0.717, 1.165) is 0 Å². The largest absolute Gasteiger partial charge is 0.467 e. The maximum Gasteiger partial charge on any atom is 0.328 e. The topological polar surface area (TPSA) is 201 Å². The molecule has 322 valence electrons. The van der Waals surface area contributed by atoms with E-state index in [1.807, 2.05) is 12.1 Å². The number of carbonyl (C=O) groups is 7. The summed E-state index contributed by atoms with van der Waals surface area (Å²) in [5.74, 6) is -2.81. The van der Waals surface area contributed by atoms with Gasteiger partial charge in [-0.3, -0.25) is 28.8 Å². The number of carbonyl (C=O) groups excluding carboxylic acids is 7. The minimum atomic E-state index is -1.02. The third-order valence-corrected chi connectivity index (χ3v) is 9.82. The highest BCUT2D eigenvalue weighted by Gasteiger charge is 2.28. The zero-order valence-corrected chi connectivity index (χ0v) is 34.5. The van der Waals surface area contributed by atoms with Crippen molar-refractivity contribution >= 4 is 41.4 Å². The second kappa shape index (κ2) is 26.3. The number of hydrogen-bond donors (Lipinski definition) is 6. The number of unbranched alkanes of at least 4 members (excludes halogenated alkanes) is 3. The Morgan fingerprint density at radius 1 is 0.393 bits per heavy atom. The molecule has 0 spiro atoms. The Balaban J connectivity index is 1.27. The summed E-state index contributed by atoms with van der Waals surface area (Å²) < 4.78 is 4.99. The first-order chi connectivity index (χ1) is 29.7. The zero-order valence-electron chi connectivity index (χ0n) is 34.5. The molecule has 0 saturated carbocycles. The maximum atomic E-state index is 13.7. The summed E-state index contributed by atoms with van der Waals surface area (Å²) in [7, 11) is 1.22. The lowest BCUT2D eigenvalue weighted by molar-refractivity contribution is -0.145. The van der Waals surface area contributed by atoms with Gasteiger partial charge in [0.25, 0.3) is 23.6 Å². The van der Waals surface area contributed by atoms with Crippen molar-refractivity contribution in [2.24, 2.45) is 0 Å². The normalized spacial score (nSPS) is 12.1. The van der Waals surface area contributed by atoms with Crippen LogP contribution in [0.1, 0.15) is 99.2 Å². The van der Waals surface area contributed by atoms with Crippen molar-refractivity contribution in [1.82, 2.24) is 31.9 Å². The molecule has 4 aromatic rings. The molecule has 14 heteroatoms. The van der Waals surface area contributed by atoms with Gasteiger partial charge in [0.2, 0.25) is 11.8 Å². The molecule has 0 radical (unpaired) electrons. The molecule has 6 amide bonds. The monoisotopic (exact) mass is 832 g/mol. The van der Waals surface area contributed by atoms with Crippen molar-refractivity contribution in [2.75, 3.05) is 26.7 Å². The van der Waals surface area contributed by atoms with Crippen molar-refractivity contribution in [3.8, 4) is 0 Å². The van der Waals surface area contributed by atoms with Gasteiger partial charge >= 0.3 is 5.97 Å². The first kappa shape index (κ1) is 46.9. The van der Waals surface area contributed by atoms with Gasteiger partial charge in [0.05, 0.1) is 7.11 Å². The maximum absolute atomic E-state index is 13.7. The SMILES string of the molecule is COC(=O)[C@H](CCCCNC(=O)[C@H](CCCCNC(=O)c1ccccc1)NC(=O)c1ccccc1)NC(=O)[C@H](CCCCNC(=O)c1ccccc1)NC(=O)c1ccccc1. The number of nitrogens with one attached hydrogen (secondary N) is 6. The number of rotatable bonds is 25. The van der Waals surface area contributed by atoms with Gasteiger partial charge in [0, 0.05) is 41.9 Å². The molecule has 4 aromatic carbocycles. The van der Waals surface area contributed by atoms with E-state index in [0.29, 0.717) is 80.3 Å². The Morgan fingerprint density at radius 2 is 0.721 bits per heavy atom. The molecule has 0 aliphatic heterocycles. The summed E-state index contributed by atoms with van der Waals surface area (Å²) in [4.78, 5) is 90.8. The highest BCUT2D eigenvalue weighted by atomic mass is 16.5. The number of benzene rings is 4.